The Morgan fingerprint density at radius 2 is 1.09 bits per heavy atom. The number of para-hydroxylation sites is 1. The van der Waals surface area contributed by atoms with Crippen molar-refractivity contribution in [1.29, 1.82) is 0 Å². The van der Waals surface area contributed by atoms with Crippen molar-refractivity contribution in [1.82, 2.24) is 14.9 Å². The number of anilines is 1. The van der Waals surface area contributed by atoms with E-state index in [1.54, 1.807) is 142 Å². The molecule has 1 spiro atoms. The van der Waals surface area contributed by atoms with Gasteiger partial charge in [0.25, 0.3) is 5.91 Å². The van der Waals surface area contributed by atoms with Crippen LogP contribution in [0.1, 0.15) is 67.2 Å². The molecule has 9 rings (SSSR count). The number of likely N-dealkylation sites (tertiary alicyclic amines) is 1. The number of nitrogens with zero attached hydrogens (tertiary/aromatic N) is 4. The number of hydrogen-bond acceptors (Lipinski definition) is 11. The molecule has 0 aromatic heterocycles. The summed E-state index contributed by atoms with van der Waals surface area (Å²) in [5.74, 6) is -6.21. The number of amides is 4. The fraction of sp³-hybridized carbons (Fsp3) is 0.255. The van der Waals surface area contributed by atoms with E-state index in [4.69, 9.17) is 14.2 Å². The molecule has 0 bridgehead atoms. The monoisotopic (exact) mass is 858 g/mol. The van der Waals surface area contributed by atoms with Gasteiger partial charge in [0.05, 0.1) is 11.6 Å². The number of ether oxygens (including phenoxy) is 3. The number of imide groups is 2. The van der Waals surface area contributed by atoms with Gasteiger partial charge >= 0.3 is 18.0 Å². The highest BCUT2D eigenvalue weighted by atomic mass is 16.6. The van der Waals surface area contributed by atoms with Gasteiger partial charge in [-0.1, -0.05) is 146 Å². The van der Waals surface area contributed by atoms with Gasteiger partial charge in [0.2, 0.25) is 17.4 Å². The standard InChI is InChI=1S/C51H46N4O9/c1-6-36-31-50(46(59)62-41(32-21-11-7-12-22-32)33-23-13-8-14-24-33,47(60)63-42(34-25-15-9-16-26-34)35-27-17-10-18-28-35)55-40-39(43(56)52(5)44(40)57)51(54(36)55)37-29-19-20-30-38(37)53(45(51)58)48(61)64-49(2,3)4/h6-30,36,39-42H,1,31H2,2-5H3/t36-,39-,40+,51+/m1/s1. The van der Waals surface area contributed by atoms with Crippen molar-refractivity contribution in [2.24, 2.45) is 5.92 Å². The molecular weight excluding hydrogens is 813 g/mol. The van der Waals surface area contributed by atoms with Crippen molar-refractivity contribution in [2.75, 3.05) is 11.9 Å². The quantitative estimate of drug-likeness (QED) is 0.0495. The summed E-state index contributed by atoms with van der Waals surface area (Å²) in [5, 5.41) is 2.68. The van der Waals surface area contributed by atoms with Gasteiger partial charge in [-0.15, -0.1) is 6.58 Å². The van der Waals surface area contributed by atoms with Crippen molar-refractivity contribution >= 4 is 41.4 Å². The van der Waals surface area contributed by atoms with Gasteiger partial charge in [0, 0.05) is 25.1 Å². The summed E-state index contributed by atoms with van der Waals surface area (Å²) in [7, 11) is 1.29. The maximum absolute atomic E-state index is 15.9. The van der Waals surface area contributed by atoms with Crippen LogP contribution in [-0.2, 0) is 43.7 Å². The van der Waals surface area contributed by atoms with E-state index in [0.717, 1.165) is 9.80 Å². The van der Waals surface area contributed by atoms with Crippen LogP contribution in [-0.4, -0.2) is 80.9 Å². The summed E-state index contributed by atoms with van der Waals surface area (Å²) in [6.07, 6.45) is -2.12. The van der Waals surface area contributed by atoms with Gasteiger partial charge in [-0.3, -0.25) is 19.3 Å². The minimum Gasteiger partial charge on any atom is -0.451 e. The van der Waals surface area contributed by atoms with E-state index >= 15 is 14.4 Å². The van der Waals surface area contributed by atoms with Crippen LogP contribution < -0.4 is 4.90 Å². The topological polar surface area (TPSA) is 143 Å². The maximum Gasteiger partial charge on any atom is 0.421 e. The smallest absolute Gasteiger partial charge is 0.421 e. The molecule has 0 N–H and O–H groups in total. The summed E-state index contributed by atoms with van der Waals surface area (Å²) in [5.41, 5.74) is -3.10. The number of benzene rings is 5. The molecule has 5 aromatic carbocycles. The second-order valence-electron chi connectivity index (χ2n) is 17.3. The van der Waals surface area contributed by atoms with Crippen molar-refractivity contribution in [3.8, 4) is 0 Å². The minimum atomic E-state index is -2.55. The molecule has 13 heteroatoms. The van der Waals surface area contributed by atoms with E-state index in [2.05, 4.69) is 6.58 Å². The Balaban J connectivity index is 1.28. The fourth-order valence-electron chi connectivity index (χ4n) is 9.81. The average molecular weight is 859 g/mol. The second kappa shape index (κ2) is 15.8. The highest BCUT2D eigenvalue weighted by molar-refractivity contribution is 6.24. The largest absolute Gasteiger partial charge is 0.451 e. The number of fused-ring (bicyclic) bond motifs is 7. The van der Waals surface area contributed by atoms with Crippen LogP contribution in [0.25, 0.3) is 0 Å². The molecule has 13 nitrogen and oxygen atoms in total. The first-order chi connectivity index (χ1) is 30.7. The normalized spacial score (nSPS) is 22.5. The predicted molar refractivity (Wildman–Crippen MR) is 234 cm³/mol. The molecule has 3 fully saturated rings. The van der Waals surface area contributed by atoms with E-state index in [1.807, 2.05) is 24.3 Å². The molecule has 4 heterocycles. The van der Waals surface area contributed by atoms with Gasteiger partial charge < -0.3 is 14.2 Å². The van der Waals surface area contributed by atoms with Gasteiger partial charge in [-0.05, 0) is 49.1 Å². The molecule has 64 heavy (non-hydrogen) atoms. The van der Waals surface area contributed by atoms with Crippen molar-refractivity contribution in [3.05, 3.63) is 186 Å². The summed E-state index contributed by atoms with van der Waals surface area (Å²) in [6.45, 7) is 9.09. The van der Waals surface area contributed by atoms with E-state index in [-0.39, 0.29) is 11.3 Å². The lowest BCUT2D eigenvalue weighted by Crippen LogP contribution is -2.65. The second-order valence-corrected chi connectivity index (χ2v) is 17.3. The summed E-state index contributed by atoms with van der Waals surface area (Å²) in [6, 6.07) is 39.7. The third-order valence-corrected chi connectivity index (χ3v) is 12.5. The summed E-state index contributed by atoms with van der Waals surface area (Å²) in [4.78, 5) is 93.1. The van der Waals surface area contributed by atoms with Crippen LogP contribution in [0.5, 0.6) is 0 Å². The number of rotatable bonds is 9. The number of carbonyl (C=O) groups is 6. The van der Waals surface area contributed by atoms with Crippen molar-refractivity contribution in [3.63, 3.8) is 0 Å². The molecule has 4 amide bonds. The van der Waals surface area contributed by atoms with Crippen LogP contribution in [0.15, 0.2) is 158 Å². The Morgan fingerprint density at radius 1 is 0.656 bits per heavy atom. The summed E-state index contributed by atoms with van der Waals surface area (Å²) < 4.78 is 19.0. The van der Waals surface area contributed by atoms with Crippen LogP contribution in [0, 0.1) is 5.92 Å². The molecule has 0 unspecified atom stereocenters. The average Bonchev–Trinajstić information content (AvgIpc) is 3.97. The predicted octanol–water partition coefficient (Wildman–Crippen LogP) is 7.04. The molecule has 0 aliphatic carbocycles. The molecule has 0 radical (unpaired) electrons. The maximum atomic E-state index is 15.9. The Bertz CT molecular complexity index is 2500. The molecule has 4 aliphatic heterocycles. The number of hydrazine groups is 1. The molecule has 5 aromatic rings. The number of hydrogen-bond donors (Lipinski definition) is 0. The van der Waals surface area contributed by atoms with Gasteiger partial charge in [0.15, 0.2) is 17.7 Å². The molecular formula is C51H46N4O9. The number of esters is 2. The zero-order valence-electron chi connectivity index (χ0n) is 35.7. The lowest BCUT2D eigenvalue weighted by molar-refractivity contribution is -0.192. The number of likely N-dealkylation sites (N-methyl/N-ethyl adjacent to an activating group) is 1. The first kappa shape index (κ1) is 42.1. The zero-order chi connectivity index (χ0) is 45.1. The van der Waals surface area contributed by atoms with E-state index < -0.39 is 89.1 Å². The molecule has 4 atom stereocenters. The lowest BCUT2D eigenvalue weighted by atomic mass is 9.75. The van der Waals surface area contributed by atoms with Crippen LogP contribution in [0.2, 0.25) is 0 Å². The highest BCUT2D eigenvalue weighted by Crippen LogP contribution is 2.63. The third-order valence-electron chi connectivity index (χ3n) is 12.5. The molecule has 324 valence electrons. The Kier molecular flexibility index (Phi) is 10.4. The Hall–Kier alpha value is -7.22. The van der Waals surface area contributed by atoms with Crippen LogP contribution in [0.3, 0.4) is 0 Å². The van der Waals surface area contributed by atoms with Crippen LogP contribution in [0.4, 0.5) is 10.5 Å². The first-order valence-electron chi connectivity index (χ1n) is 21.1. The van der Waals surface area contributed by atoms with Gasteiger partial charge in [-0.25, -0.2) is 24.3 Å². The Morgan fingerprint density at radius 3 is 1.53 bits per heavy atom. The van der Waals surface area contributed by atoms with E-state index in [0.29, 0.717) is 22.3 Å². The molecule has 4 aliphatic rings. The first-order valence-corrected chi connectivity index (χ1v) is 21.1. The van der Waals surface area contributed by atoms with Crippen molar-refractivity contribution in [2.45, 2.75) is 68.2 Å². The number of carbonyl (C=O) groups excluding carboxylic acids is 6. The highest BCUT2D eigenvalue weighted by Gasteiger charge is 2.83. The zero-order valence-corrected chi connectivity index (χ0v) is 35.7. The summed E-state index contributed by atoms with van der Waals surface area (Å²) >= 11 is 0. The van der Waals surface area contributed by atoms with Gasteiger partial charge in [-0.2, -0.15) is 5.01 Å². The SMILES string of the molecule is C=C[C@@H]1CC(C(=O)OC(c2ccccc2)c2ccccc2)(C(=O)OC(c2ccccc2)c2ccccc2)N2[C@@H]3C(=O)N(C)C(=O)[C@@H]3[C@@]3(C(=O)N(C(=O)OC(C)(C)C)c4ccccc43)N12. The minimum absolute atomic E-state index is 0.115. The van der Waals surface area contributed by atoms with E-state index in [1.165, 1.54) is 23.1 Å². The lowest BCUT2D eigenvalue weighted by Gasteiger charge is -2.41. The molecule has 3 saturated heterocycles. The van der Waals surface area contributed by atoms with Gasteiger partial charge in [0.1, 0.15) is 11.6 Å². The Labute approximate surface area is 370 Å². The molecule has 0 saturated carbocycles. The van der Waals surface area contributed by atoms with E-state index in [9.17, 15) is 14.4 Å². The van der Waals surface area contributed by atoms with Crippen LogP contribution >= 0.6 is 0 Å². The fourth-order valence-corrected chi connectivity index (χ4v) is 9.81. The van der Waals surface area contributed by atoms with Crippen molar-refractivity contribution < 1.29 is 43.0 Å². The third kappa shape index (κ3) is 6.36.